The van der Waals surface area contributed by atoms with Crippen LogP contribution in [0.3, 0.4) is 0 Å². The van der Waals surface area contributed by atoms with Crippen molar-refractivity contribution in [2.24, 2.45) is 5.10 Å². The van der Waals surface area contributed by atoms with E-state index in [-0.39, 0.29) is 16.8 Å². The van der Waals surface area contributed by atoms with Crippen molar-refractivity contribution in [2.45, 2.75) is 6.18 Å². The number of allylic oxidation sites excluding steroid dienone is 1. The molecule has 0 saturated heterocycles. The van der Waals surface area contributed by atoms with Crippen molar-refractivity contribution in [2.75, 3.05) is 7.05 Å². The van der Waals surface area contributed by atoms with Gasteiger partial charge in [0.2, 0.25) is 5.71 Å². The number of hydrogen-bond acceptors (Lipinski definition) is 1. The Morgan fingerprint density at radius 2 is 1.64 bits per heavy atom. The molecule has 1 aliphatic heterocycles. The van der Waals surface area contributed by atoms with Crippen LogP contribution in [0.1, 0.15) is 0 Å². The molecule has 1 unspecified atom stereocenters. The zero-order valence-electron chi connectivity index (χ0n) is 12.8. The number of nitrogens with zero attached hydrogens (tertiary/aromatic N) is 2. The molecule has 0 spiro atoms. The summed E-state index contributed by atoms with van der Waals surface area (Å²) in [5, 5.41) is 3.65. The van der Waals surface area contributed by atoms with Crippen molar-refractivity contribution in [3.63, 3.8) is 0 Å². The maximum Gasteiger partial charge on any atom is 0.438 e. The second-order valence-corrected chi connectivity index (χ2v) is 5.62. The van der Waals surface area contributed by atoms with Crippen LogP contribution < -0.4 is 4.59 Å². The van der Waals surface area contributed by atoms with E-state index >= 15 is 0 Å². The van der Waals surface area contributed by atoms with Crippen molar-refractivity contribution < 1.29 is 26.3 Å². The lowest BCUT2D eigenvalue weighted by Crippen LogP contribution is -2.32. The van der Waals surface area contributed by atoms with E-state index in [1.54, 1.807) is 0 Å². The minimum Gasteiger partial charge on any atom is -0.207 e. The van der Waals surface area contributed by atoms with Gasteiger partial charge in [-0.15, -0.1) is 4.59 Å². The smallest absolute Gasteiger partial charge is 0.207 e. The molecular weight excluding hydrogens is 346 g/mol. The van der Waals surface area contributed by atoms with Crippen LogP contribution in [0.15, 0.2) is 53.8 Å². The average molecular weight is 357 g/mol. The largest absolute Gasteiger partial charge is 0.438 e. The molecule has 1 aliphatic rings. The standard InChI is InChI=1S/C17H11F6N2/c1-25(7-6-16(24-25)17(21,22)23)15-5-3-11(18)9-12(15)10-2-4-13(19)14(20)8-10/h2-9H,1H3/q+1. The Hall–Kier alpha value is -2.61. The van der Waals surface area contributed by atoms with Gasteiger partial charge in [0, 0.05) is 17.7 Å². The zero-order valence-corrected chi connectivity index (χ0v) is 12.8. The molecule has 2 aromatic rings. The minimum atomic E-state index is -4.63. The summed E-state index contributed by atoms with van der Waals surface area (Å²) in [6, 6.07) is 6.31. The zero-order chi connectivity index (χ0) is 18.4. The fourth-order valence-corrected chi connectivity index (χ4v) is 2.59. The van der Waals surface area contributed by atoms with Gasteiger partial charge in [0.15, 0.2) is 17.3 Å². The maximum atomic E-state index is 13.7. The summed E-state index contributed by atoms with van der Waals surface area (Å²) >= 11 is 0. The summed E-state index contributed by atoms with van der Waals surface area (Å²) in [6.07, 6.45) is -2.63. The molecule has 0 aromatic heterocycles. The Labute approximate surface area is 138 Å². The molecule has 2 aromatic carbocycles. The van der Waals surface area contributed by atoms with E-state index < -0.39 is 33.9 Å². The summed E-state index contributed by atoms with van der Waals surface area (Å²) in [7, 11) is 1.37. The van der Waals surface area contributed by atoms with Gasteiger partial charge in [-0.05, 0) is 29.8 Å². The van der Waals surface area contributed by atoms with Crippen LogP contribution in [-0.4, -0.2) is 18.9 Å². The van der Waals surface area contributed by atoms with E-state index in [9.17, 15) is 26.3 Å². The third kappa shape index (κ3) is 3.17. The first-order chi connectivity index (χ1) is 11.6. The first kappa shape index (κ1) is 17.2. The summed E-state index contributed by atoms with van der Waals surface area (Å²) in [4.78, 5) is 0. The molecule has 8 heteroatoms. The van der Waals surface area contributed by atoms with Gasteiger partial charge in [0.1, 0.15) is 19.1 Å². The summed E-state index contributed by atoms with van der Waals surface area (Å²) in [5.41, 5.74) is -0.673. The Balaban J connectivity index is 2.17. The van der Waals surface area contributed by atoms with E-state index in [0.29, 0.717) is 0 Å². The summed E-state index contributed by atoms with van der Waals surface area (Å²) < 4.78 is 78.3. The third-order valence-electron chi connectivity index (χ3n) is 3.81. The minimum absolute atomic E-state index is 0.109. The van der Waals surface area contributed by atoms with Crippen molar-refractivity contribution in [3.05, 3.63) is 66.1 Å². The van der Waals surface area contributed by atoms with Crippen LogP contribution in [-0.2, 0) is 0 Å². The van der Waals surface area contributed by atoms with Gasteiger partial charge in [-0.25, -0.2) is 13.2 Å². The van der Waals surface area contributed by atoms with E-state index in [4.69, 9.17) is 0 Å². The fraction of sp³-hybridized carbons (Fsp3) is 0.118. The van der Waals surface area contributed by atoms with E-state index in [1.807, 2.05) is 0 Å². The fourth-order valence-electron chi connectivity index (χ4n) is 2.59. The number of hydrogen-bond donors (Lipinski definition) is 0. The third-order valence-corrected chi connectivity index (χ3v) is 3.81. The van der Waals surface area contributed by atoms with Crippen molar-refractivity contribution in [3.8, 4) is 11.1 Å². The highest BCUT2D eigenvalue weighted by Crippen LogP contribution is 2.39. The molecule has 1 heterocycles. The second-order valence-electron chi connectivity index (χ2n) is 5.62. The molecule has 25 heavy (non-hydrogen) atoms. The van der Waals surface area contributed by atoms with Crippen molar-refractivity contribution in [1.29, 1.82) is 0 Å². The monoisotopic (exact) mass is 357 g/mol. The number of quaternary nitrogens is 1. The van der Waals surface area contributed by atoms with Crippen LogP contribution in [0.2, 0.25) is 0 Å². The first-order valence-electron chi connectivity index (χ1n) is 7.08. The normalized spacial score (nSPS) is 20.0. The number of alkyl halides is 3. The topological polar surface area (TPSA) is 12.4 Å². The highest BCUT2D eigenvalue weighted by Gasteiger charge is 2.43. The number of rotatable bonds is 2. The Kier molecular flexibility index (Phi) is 3.95. The molecule has 0 amide bonds. The molecule has 0 fully saturated rings. The van der Waals surface area contributed by atoms with Crippen LogP contribution in [0.25, 0.3) is 11.1 Å². The summed E-state index contributed by atoms with van der Waals surface area (Å²) in [5.74, 6) is -2.90. The predicted octanol–water partition coefficient (Wildman–Crippen LogP) is 5.15. The molecule has 3 rings (SSSR count). The van der Waals surface area contributed by atoms with Gasteiger partial charge in [-0.1, -0.05) is 11.2 Å². The van der Waals surface area contributed by atoms with Gasteiger partial charge in [0.05, 0.1) is 0 Å². The Morgan fingerprint density at radius 1 is 0.920 bits per heavy atom. The lowest BCUT2D eigenvalue weighted by atomic mass is 10.0. The molecular formula is C17H11F6N2+. The molecule has 1 atom stereocenters. The van der Waals surface area contributed by atoms with Gasteiger partial charge in [-0.2, -0.15) is 13.2 Å². The number of halogens is 6. The Morgan fingerprint density at radius 3 is 2.24 bits per heavy atom. The van der Waals surface area contributed by atoms with E-state index in [0.717, 1.165) is 30.3 Å². The van der Waals surface area contributed by atoms with Crippen LogP contribution in [0.4, 0.5) is 32.0 Å². The number of benzene rings is 2. The van der Waals surface area contributed by atoms with Crippen molar-refractivity contribution >= 4 is 11.4 Å². The van der Waals surface area contributed by atoms with E-state index in [2.05, 4.69) is 5.10 Å². The predicted molar refractivity (Wildman–Crippen MR) is 82.1 cm³/mol. The van der Waals surface area contributed by atoms with Crippen LogP contribution in [0, 0.1) is 17.5 Å². The quantitative estimate of drug-likeness (QED) is 0.520. The molecule has 130 valence electrons. The molecule has 0 radical (unpaired) electrons. The highest BCUT2D eigenvalue weighted by atomic mass is 19.4. The SMILES string of the molecule is C[N+]1(c2ccc(F)cc2-c2ccc(F)c(F)c2)C=CC(C(F)(F)F)=N1. The van der Waals surface area contributed by atoms with Crippen molar-refractivity contribution in [1.82, 2.24) is 4.59 Å². The lowest BCUT2D eigenvalue weighted by molar-refractivity contribution is -0.0581. The molecule has 0 saturated carbocycles. The molecule has 0 N–H and O–H groups in total. The molecule has 0 aliphatic carbocycles. The van der Waals surface area contributed by atoms with Gasteiger partial charge >= 0.3 is 6.18 Å². The van der Waals surface area contributed by atoms with Crippen LogP contribution >= 0.6 is 0 Å². The van der Waals surface area contributed by atoms with Gasteiger partial charge in [0.25, 0.3) is 0 Å². The molecule has 2 nitrogen and oxygen atoms in total. The summed E-state index contributed by atoms with van der Waals surface area (Å²) in [6.45, 7) is 0. The first-order valence-corrected chi connectivity index (χ1v) is 7.08. The highest BCUT2D eigenvalue weighted by molar-refractivity contribution is 6.01. The second kappa shape index (κ2) is 5.73. The maximum absolute atomic E-state index is 13.7. The molecule has 0 bridgehead atoms. The van der Waals surface area contributed by atoms with Crippen LogP contribution in [0.5, 0.6) is 0 Å². The van der Waals surface area contributed by atoms with Gasteiger partial charge in [-0.3, -0.25) is 0 Å². The Bertz CT molecular complexity index is 900. The lowest BCUT2D eigenvalue weighted by Gasteiger charge is -2.23. The van der Waals surface area contributed by atoms with E-state index in [1.165, 1.54) is 25.4 Å². The average Bonchev–Trinajstić information content (AvgIpc) is 2.93. The van der Waals surface area contributed by atoms with Gasteiger partial charge < -0.3 is 0 Å².